The Hall–Kier alpha value is -0.790. The molecule has 3 unspecified atom stereocenters. The molecule has 3 fully saturated rings. The number of ether oxygens (including phenoxy) is 1. The fourth-order valence-corrected chi connectivity index (χ4v) is 8.85. The van der Waals surface area contributed by atoms with Crippen LogP contribution in [0.25, 0.3) is 0 Å². The van der Waals surface area contributed by atoms with Crippen molar-refractivity contribution in [1.82, 2.24) is 0 Å². The second kappa shape index (κ2) is 8.62. The van der Waals surface area contributed by atoms with E-state index in [4.69, 9.17) is 4.74 Å². The van der Waals surface area contributed by atoms with Crippen LogP contribution in [0.2, 0.25) is 0 Å². The van der Waals surface area contributed by atoms with Gasteiger partial charge in [0.2, 0.25) is 0 Å². The summed E-state index contributed by atoms with van der Waals surface area (Å²) in [6.45, 7) is 13.2. The van der Waals surface area contributed by atoms with Crippen molar-refractivity contribution in [2.45, 2.75) is 111 Å². The van der Waals surface area contributed by atoms with E-state index in [0.717, 1.165) is 48.3 Å². The van der Waals surface area contributed by atoms with Gasteiger partial charge in [0.05, 0.1) is 0 Å². The SMILES string of the molecule is CC(C)CCCC(C)[C@H]1CCC2[C@@H]3CC=C4C[C@@H](OC=O)CC[C@]4(C)C3CC[C@@]21C. The van der Waals surface area contributed by atoms with Crippen molar-refractivity contribution in [3.8, 4) is 0 Å². The highest BCUT2D eigenvalue weighted by atomic mass is 16.5. The van der Waals surface area contributed by atoms with Crippen LogP contribution in [-0.4, -0.2) is 12.6 Å². The Morgan fingerprint density at radius 3 is 2.60 bits per heavy atom. The fraction of sp³-hybridized carbons (Fsp3) is 0.893. The highest BCUT2D eigenvalue weighted by Gasteiger charge is 2.59. The predicted molar refractivity (Wildman–Crippen MR) is 124 cm³/mol. The summed E-state index contributed by atoms with van der Waals surface area (Å²) in [6.07, 6.45) is 17.2. The van der Waals surface area contributed by atoms with Crippen LogP contribution in [0.1, 0.15) is 105 Å². The zero-order valence-corrected chi connectivity index (χ0v) is 20.3. The van der Waals surface area contributed by atoms with Crippen molar-refractivity contribution < 1.29 is 9.53 Å². The third-order valence-electron chi connectivity index (χ3n) is 10.5. The standard InChI is InChI=1S/C28H46O2/c1-19(2)7-6-8-20(3)24-11-12-25-23-10-9-21-17-22(30-18-29)13-15-27(21,4)26(23)14-16-28(24,25)5/h9,18-20,22-26H,6-8,10-17H2,1-5H3/t20?,22-,23-,24+,25?,26?,27-,28+/m0/s1. The lowest BCUT2D eigenvalue weighted by Crippen LogP contribution is -2.51. The van der Waals surface area contributed by atoms with Crippen molar-refractivity contribution in [2.24, 2.45) is 46.3 Å². The van der Waals surface area contributed by atoms with Crippen LogP contribution in [0.4, 0.5) is 0 Å². The van der Waals surface area contributed by atoms with Gasteiger partial charge in [-0.3, -0.25) is 4.79 Å². The van der Waals surface area contributed by atoms with Crippen LogP contribution < -0.4 is 0 Å². The van der Waals surface area contributed by atoms with Gasteiger partial charge in [-0.05, 0) is 91.3 Å². The Kier molecular flexibility index (Phi) is 6.44. The van der Waals surface area contributed by atoms with Gasteiger partial charge in [-0.2, -0.15) is 0 Å². The Bertz CT molecular complexity index is 651. The number of hydrogen-bond donors (Lipinski definition) is 0. The zero-order chi connectivity index (χ0) is 21.5. The van der Waals surface area contributed by atoms with Gasteiger partial charge in [0.1, 0.15) is 6.10 Å². The monoisotopic (exact) mass is 414 g/mol. The summed E-state index contributed by atoms with van der Waals surface area (Å²) in [5.74, 6) is 5.32. The van der Waals surface area contributed by atoms with Gasteiger partial charge in [-0.25, -0.2) is 0 Å². The first kappa shape index (κ1) is 22.4. The van der Waals surface area contributed by atoms with E-state index < -0.39 is 0 Å². The predicted octanol–water partition coefficient (Wildman–Crippen LogP) is 7.57. The van der Waals surface area contributed by atoms with E-state index in [1.807, 2.05) is 0 Å². The molecule has 0 radical (unpaired) electrons. The van der Waals surface area contributed by atoms with Gasteiger partial charge in [0, 0.05) is 6.42 Å². The topological polar surface area (TPSA) is 26.3 Å². The molecular formula is C28H46O2. The third kappa shape index (κ3) is 3.79. The lowest BCUT2D eigenvalue weighted by atomic mass is 9.47. The Morgan fingerprint density at radius 1 is 1.07 bits per heavy atom. The molecule has 4 aliphatic carbocycles. The Morgan fingerprint density at radius 2 is 1.87 bits per heavy atom. The van der Waals surface area contributed by atoms with Crippen LogP contribution in [0.3, 0.4) is 0 Å². The number of rotatable bonds is 7. The Labute approximate surface area is 185 Å². The molecule has 170 valence electrons. The van der Waals surface area contributed by atoms with E-state index in [1.165, 1.54) is 57.8 Å². The zero-order valence-electron chi connectivity index (χ0n) is 20.3. The second-order valence-electron chi connectivity index (χ2n) is 12.4. The molecule has 8 atom stereocenters. The average Bonchev–Trinajstić information content (AvgIpc) is 3.05. The van der Waals surface area contributed by atoms with Crippen molar-refractivity contribution in [1.29, 1.82) is 0 Å². The molecule has 0 aromatic carbocycles. The molecule has 2 heteroatoms. The summed E-state index contributed by atoms with van der Waals surface area (Å²) in [5.41, 5.74) is 2.54. The van der Waals surface area contributed by atoms with Gasteiger partial charge in [-0.1, -0.05) is 65.5 Å². The maximum absolute atomic E-state index is 10.8. The first-order valence-corrected chi connectivity index (χ1v) is 13.1. The molecule has 0 spiro atoms. The minimum Gasteiger partial charge on any atom is -0.464 e. The highest BCUT2D eigenvalue weighted by molar-refractivity contribution is 5.38. The molecule has 4 aliphatic rings. The molecule has 0 N–H and O–H groups in total. The quantitative estimate of drug-likeness (QED) is 0.317. The van der Waals surface area contributed by atoms with Crippen LogP contribution in [-0.2, 0) is 9.53 Å². The lowest BCUT2D eigenvalue weighted by molar-refractivity contribution is -0.136. The summed E-state index contributed by atoms with van der Waals surface area (Å²) in [6, 6.07) is 0. The van der Waals surface area contributed by atoms with E-state index in [1.54, 1.807) is 5.57 Å². The van der Waals surface area contributed by atoms with E-state index in [2.05, 4.69) is 40.7 Å². The molecule has 0 bridgehead atoms. The number of carbonyl (C=O) groups is 1. The number of fused-ring (bicyclic) bond motifs is 5. The van der Waals surface area contributed by atoms with E-state index in [9.17, 15) is 4.79 Å². The first-order valence-electron chi connectivity index (χ1n) is 13.1. The van der Waals surface area contributed by atoms with Crippen molar-refractivity contribution >= 4 is 6.47 Å². The van der Waals surface area contributed by atoms with Gasteiger partial charge in [0.15, 0.2) is 0 Å². The summed E-state index contributed by atoms with van der Waals surface area (Å²) in [7, 11) is 0. The maximum Gasteiger partial charge on any atom is 0.293 e. The fourth-order valence-electron chi connectivity index (χ4n) is 8.85. The minimum absolute atomic E-state index is 0.120. The molecule has 2 nitrogen and oxygen atoms in total. The molecule has 0 heterocycles. The minimum atomic E-state index is 0.120. The normalized spacial score (nSPS) is 43.9. The average molecular weight is 415 g/mol. The number of allylic oxidation sites excluding steroid dienone is 1. The van der Waals surface area contributed by atoms with Gasteiger partial charge in [-0.15, -0.1) is 0 Å². The van der Waals surface area contributed by atoms with E-state index in [-0.39, 0.29) is 6.10 Å². The summed E-state index contributed by atoms with van der Waals surface area (Å²) in [5, 5.41) is 0. The van der Waals surface area contributed by atoms with Gasteiger partial charge < -0.3 is 4.74 Å². The maximum atomic E-state index is 10.8. The second-order valence-corrected chi connectivity index (χ2v) is 12.4. The smallest absolute Gasteiger partial charge is 0.293 e. The summed E-state index contributed by atoms with van der Waals surface area (Å²) in [4.78, 5) is 10.8. The van der Waals surface area contributed by atoms with Crippen LogP contribution in [0.15, 0.2) is 11.6 Å². The van der Waals surface area contributed by atoms with Crippen molar-refractivity contribution in [3.05, 3.63) is 11.6 Å². The molecule has 0 aromatic rings. The molecule has 4 rings (SSSR count). The van der Waals surface area contributed by atoms with Crippen LogP contribution >= 0.6 is 0 Å². The van der Waals surface area contributed by atoms with Crippen molar-refractivity contribution in [2.75, 3.05) is 0 Å². The van der Waals surface area contributed by atoms with Crippen LogP contribution in [0.5, 0.6) is 0 Å². The molecule has 3 saturated carbocycles. The Balaban J connectivity index is 1.47. The van der Waals surface area contributed by atoms with Crippen molar-refractivity contribution in [3.63, 3.8) is 0 Å². The van der Waals surface area contributed by atoms with Gasteiger partial charge in [0.25, 0.3) is 6.47 Å². The highest BCUT2D eigenvalue weighted by Crippen LogP contribution is 2.67. The molecule has 0 amide bonds. The number of carbonyl (C=O) groups excluding carboxylic acids is 1. The summed E-state index contributed by atoms with van der Waals surface area (Å²) >= 11 is 0. The van der Waals surface area contributed by atoms with Gasteiger partial charge >= 0.3 is 0 Å². The molecule has 30 heavy (non-hydrogen) atoms. The third-order valence-corrected chi connectivity index (χ3v) is 10.5. The lowest BCUT2D eigenvalue weighted by Gasteiger charge is -2.58. The first-order chi connectivity index (χ1) is 14.3. The van der Waals surface area contributed by atoms with Crippen LogP contribution in [0, 0.1) is 46.3 Å². The molecule has 0 saturated heterocycles. The molecular weight excluding hydrogens is 368 g/mol. The summed E-state index contributed by atoms with van der Waals surface area (Å²) < 4.78 is 5.36. The van der Waals surface area contributed by atoms with E-state index >= 15 is 0 Å². The largest absolute Gasteiger partial charge is 0.464 e. The number of hydrogen-bond acceptors (Lipinski definition) is 2. The van der Waals surface area contributed by atoms with E-state index in [0.29, 0.717) is 17.3 Å². The molecule has 0 aromatic heterocycles. The molecule has 0 aliphatic heterocycles.